The van der Waals surface area contributed by atoms with Crippen LogP contribution in [0.1, 0.15) is 48.2 Å². The first-order valence-electron chi connectivity index (χ1n) is 9.94. The maximum Gasteiger partial charge on any atom is 0.420 e. The number of ketones is 3. The summed E-state index contributed by atoms with van der Waals surface area (Å²) in [7, 11) is 0. The Hall–Kier alpha value is -3.28. The minimum Gasteiger partial charge on any atom is -0.408 e. The lowest BCUT2D eigenvalue weighted by Gasteiger charge is -2.31. The Morgan fingerprint density at radius 3 is 2.30 bits per heavy atom. The third-order valence-corrected chi connectivity index (χ3v) is 5.74. The maximum atomic E-state index is 13.2. The zero-order valence-corrected chi connectivity index (χ0v) is 17.2. The molecule has 1 aliphatic carbocycles. The van der Waals surface area contributed by atoms with Crippen LogP contribution in [0.15, 0.2) is 51.7 Å². The monoisotopic (exact) mass is 405 g/mol. The molecule has 0 bridgehead atoms. The predicted molar refractivity (Wildman–Crippen MR) is 112 cm³/mol. The summed E-state index contributed by atoms with van der Waals surface area (Å²) in [6.45, 7) is 5.72. The van der Waals surface area contributed by atoms with Crippen molar-refractivity contribution in [2.24, 2.45) is 11.3 Å². The van der Waals surface area contributed by atoms with E-state index in [4.69, 9.17) is 4.42 Å². The first-order chi connectivity index (χ1) is 14.2. The molecule has 0 aliphatic heterocycles. The van der Waals surface area contributed by atoms with E-state index in [1.165, 1.54) is 10.6 Å². The average Bonchev–Trinajstić information content (AvgIpc) is 2.97. The highest BCUT2D eigenvalue weighted by Gasteiger charge is 2.44. The van der Waals surface area contributed by atoms with Crippen LogP contribution in [0.2, 0.25) is 0 Å². The minimum absolute atomic E-state index is 0.195. The molecule has 4 rings (SSSR count). The van der Waals surface area contributed by atoms with Crippen LogP contribution >= 0.6 is 0 Å². The molecule has 2 aromatic carbocycles. The third kappa shape index (κ3) is 3.43. The number of carbonyl (C=O) groups is 3. The van der Waals surface area contributed by atoms with Crippen LogP contribution in [0.25, 0.3) is 11.1 Å². The number of rotatable bonds is 4. The Bertz CT molecular complexity index is 1210. The van der Waals surface area contributed by atoms with E-state index in [0.29, 0.717) is 23.2 Å². The van der Waals surface area contributed by atoms with Gasteiger partial charge in [0.1, 0.15) is 5.92 Å². The quantitative estimate of drug-likeness (QED) is 0.488. The van der Waals surface area contributed by atoms with Crippen molar-refractivity contribution in [3.8, 4) is 0 Å². The lowest BCUT2D eigenvalue weighted by atomic mass is 9.69. The molecule has 0 amide bonds. The second-order valence-electron chi connectivity index (χ2n) is 8.77. The van der Waals surface area contributed by atoms with Gasteiger partial charge >= 0.3 is 5.76 Å². The average molecular weight is 405 g/mol. The second kappa shape index (κ2) is 7.20. The molecule has 1 heterocycles. The fraction of sp³-hybridized carbons (Fsp3) is 0.333. The highest BCUT2D eigenvalue weighted by Crippen LogP contribution is 2.36. The van der Waals surface area contributed by atoms with E-state index in [-0.39, 0.29) is 30.0 Å². The fourth-order valence-corrected chi connectivity index (χ4v) is 4.35. The topological polar surface area (TPSA) is 86.3 Å². The van der Waals surface area contributed by atoms with Crippen LogP contribution in [0.4, 0.5) is 0 Å². The molecule has 3 aromatic rings. The van der Waals surface area contributed by atoms with Crippen molar-refractivity contribution < 1.29 is 18.8 Å². The van der Waals surface area contributed by atoms with Crippen molar-refractivity contribution in [2.75, 3.05) is 0 Å². The van der Waals surface area contributed by atoms with Gasteiger partial charge in [0.25, 0.3) is 0 Å². The van der Waals surface area contributed by atoms with Gasteiger partial charge in [-0.25, -0.2) is 4.79 Å². The van der Waals surface area contributed by atoms with Crippen molar-refractivity contribution in [2.45, 2.75) is 40.2 Å². The molecule has 1 aromatic heterocycles. The normalized spacial score (nSPS) is 16.9. The molecular formula is C24H23NO5. The fourth-order valence-electron chi connectivity index (χ4n) is 4.35. The molecular weight excluding hydrogens is 382 g/mol. The molecule has 30 heavy (non-hydrogen) atoms. The number of hydrogen-bond donors (Lipinski definition) is 0. The second-order valence-corrected chi connectivity index (χ2v) is 8.77. The Labute approximate surface area is 173 Å². The van der Waals surface area contributed by atoms with Gasteiger partial charge < -0.3 is 4.42 Å². The van der Waals surface area contributed by atoms with Crippen molar-refractivity contribution in [3.05, 3.63) is 69.7 Å². The van der Waals surface area contributed by atoms with Gasteiger partial charge in [0, 0.05) is 18.4 Å². The number of nitrogens with zero attached hydrogens (tertiary/aromatic N) is 1. The Kier molecular flexibility index (Phi) is 4.80. The SMILES string of the molecule is Cc1c(C(=O)C2C(=O)CC(C)(C)CC2=O)ccc2oc(=O)n(Cc3ccccc3)c12. The summed E-state index contributed by atoms with van der Waals surface area (Å²) < 4.78 is 6.84. The molecule has 0 N–H and O–H groups in total. The van der Waals surface area contributed by atoms with E-state index in [0.717, 1.165) is 5.56 Å². The third-order valence-electron chi connectivity index (χ3n) is 5.74. The smallest absolute Gasteiger partial charge is 0.408 e. The number of hydrogen-bond acceptors (Lipinski definition) is 5. The van der Waals surface area contributed by atoms with E-state index in [1.807, 2.05) is 44.2 Å². The van der Waals surface area contributed by atoms with Gasteiger partial charge in [-0.1, -0.05) is 44.2 Å². The van der Waals surface area contributed by atoms with Crippen LogP contribution in [-0.4, -0.2) is 21.9 Å². The summed E-state index contributed by atoms with van der Waals surface area (Å²) >= 11 is 0. The molecule has 0 saturated heterocycles. The number of aryl methyl sites for hydroxylation is 1. The van der Waals surface area contributed by atoms with Gasteiger partial charge in [0.2, 0.25) is 0 Å². The lowest BCUT2D eigenvalue weighted by molar-refractivity contribution is -0.137. The largest absolute Gasteiger partial charge is 0.420 e. The molecule has 0 unspecified atom stereocenters. The zero-order chi connectivity index (χ0) is 21.6. The van der Waals surface area contributed by atoms with Gasteiger partial charge in [-0.2, -0.15) is 0 Å². The van der Waals surface area contributed by atoms with Crippen LogP contribution in [0, 0.1) is 18.3 Å². The van der Waals surface area contributed by atoms with Crippen molar-refractivity contribution >= 4 is 28.4 Å². The number of benzene rings is 2. The molecule has 1 saturated carbocycles. The summed E-state index contributed by atoms with van der Waals surface area (Å²) in [6.07, 6.45) is 0.391. The molecule has 6 heteroatoms. The zero-order valence-electron chi connectivity index (χ0n) is 17.2. The molecule has 1 aliphatic rings. The molecule has 0 atom stereocenters. The summed E-state index contributed by atoms with van der Waals surface area (Å²) in [5, 5.41) is 0. The number of fused-ring (bicyclic) bond motifs is 1. The lowest BCUT2D eigenvalue weighted by Crippen LogP contribution is -2.42. The van der Waals surface area contributed by atoms with Crippen LogP contribution in [0.3, 0.4) is 0 Å². The number of carbonyl (C=O) groups excluding carboxylic acids is 3. The summed E-state index contributed by atoms with van der Waals surface area (Å²) in [6, 6.07) is 12.5. The molecule has 6 nitrogen and oxygen atoms in total. The highest BCUT2D eigenvalue weighted by atomic mass is 16.4. The van der Waals surface area contributed by atoms with Crippen molar-refractivity contribution in [3.63, 3.8) is 0 Å². The Balaban J connectivity index is 1.77. The Morgan fingerprint density at radius 1 is 1.03 bits per heavy atom. The molecule has 154 valence electrons. The van der Waals surface area contributed by atoms with Gasteiger partial charge in [-0.15, -0.1) is 0 Å². The van der Waals surface area contributed by atoms with Crippen LogP contribution in [-0.2, 0) is 16.1 Å². The first-order valence-corrected chi connectivity index (χ1v) is 9.94. The van der Waals surface area contributed by atoms with E-state index in [2.05, 4.69) is 0 Å². The standard InChI is InChI=1S/C24H23NO5/c1-14-16(22(28)20-17(26)11-24(2,3)12-18(20)27)9-10-19-21(14)25(23(29)30-19)13-15-7-5-4-6-8-15/h4-10,20H,11-13H2,1-3H3. The number of Topliss-reactive ketones (excluding diaryl/α,β-unsaturated/α-hetero) is 3. The first kappa shape index (κ1) is 20.0. The maximum absolute atomic E-state index is 13.2. The van der Waals surface area contributed by atoms with Gasteiger partial charge in [-0.3, -0.25) is 19.0 Å². The summed E-state index contributed by atoms with van der Waals surface area (Å²) in [5.41, 5.74) is 2.17. The van der Waals surface area contributed by atoms with E-state index < -0.39 is 22.9 Å². The van der Waals surface area contributed by atoms with E-state index in [9.17, 15) is 19.2 Å². The highest BCUT2D eigenvalue weighted by molar-refractivity contribution is 6.26. The van der Waals surface area contributed by atoms with Crippen molar-refractivity contribution in [1.82, 2.24) is 4.57 Å². The van der Waals surface area contributed by atoms with E-state index >= 15 is 0 Å². The van der Waals surface area contributed by atoms with Crippen molar-refractivity contribution in [1.29, 1.82) is 0 Å². The summed E-state index contributed by atoms with van der Waals surface area (Å²) in [4.78, 5) is 50.9. The predicted octanol–water partition coefficient (Wildman–Crippen LogP) is 3.71. The number of aromatic nitrogens is 1. The minimum atomic E-state index is -1.27. The van der Waals surface area contributed by atoms with Crippen LogP contribution < -0.4 is 5.76 Å². The number of oxazole rings is 1. The van der Waals surface area contributed by atoms with Crippen LogP contribution in [0.5, 0.6) is 0 Å². The molecule has 0 radical (unpaired) electrons. The molecule has 0 spiro atoms. The van der Waals surface area contributed by atoms with Gasteiger partial charge in [0.15, 0.2) is 22.9 Å². The van der Waals surface area contributed by atoms with E-state index in [1.54, 1.807) is 13.0 Å². The molecule has 1 fully saturated rings. The Morgan fingerprint density at radius 2 is 1.67 bits per heavy atom. The van der Waals surface area contributed by atoms with Gasteiger partial charge in [-0.05, 0) is 35.6 Å². The van der Waals surface area contributed by atoms with Gasteiger partial charge in [0.05, 0.1) is 12.1 Å². The summed E-state index contributed by atoms with van der Waals surface area (Å²) in [5.74, 6) is -2.97.